The number of anilines is 1. The van der Waals surface area contributed by atoms with E-state index in [-0.39, 0.29) is 5.60 Å². The first-order chi connectivity index (χ1) is 11.7. The number of hydrogen-bond donors (Lipinski definition) is 2. The van der Waals surface area contributed by atoms with E-state index in [0.717, 1.165) is 56.1 Å². The quantitative estimate of drug-likeness (QED) is 0.583. The molecule has 5 nitrogen and oxygen atoms in total. The zero-order chi connectivity index (χ0) is 16.8. The first-order valence-electron chi connectivity index (χ1n) is 8.56. The van der Waals surface area contributed by atoms with Crippen LogP contribution >= 0.6 is 11.9 Å². The van der Waals surface area contributed by atoms with E-state index in [0.29, 0.717) is 13.2 Å². The van der Waals surface area contributed by atoms with Crippen molar-refractivity contribution < 1.29 is 9.47 Å². The van der Waals surface area contributed by atoms with Crippen LogP contribution in [0.4, 0.5) is 5.69 Å². The second-order valence-electron chi connectivity index (χ2n) is 6.30. The molecule has 1 aromatic rings. The predicted octanol–water partition coefficient (Wildman–Crippen LogP) is 2.59. The van der Waals surface area contributed by atoms with Crippen molar-refractivity contribution in [2.24, 2.45) is 5.73 Å². The molecule has 0 atom stereocenters. The minimum atomic E-state index is -0.143. The molecule has 3 rings (SSSR count). The van der Waals surface area contributed by atoms with Crippen molar-refractivity contribution in [1.82, 2.24) is 4.90 Å². The van der Waals surface area contributed by atoms with Gasteiger partial charge >= 0.3 is 0 Å². The first-order valence-corrected chi connectivity index (χ1v) is 9.79. The molecule has 0 amide bonds. The summed E-state index contributed by atoms with van der Waals surface area (Å²) in [6, 6.07) is 6.29. The van der Waals surface area contributed by atoms with E-state index in [4.69, 9.17) is 15.2 Å². The number of hydrogen-bond acceptors (Lipinski definition) is 6. The summed E-state index contributed by atoms with van der Waals surface area (Å²) in [5, 5.41) is 0. The number of piperidine rings is 1. The fraction of sp³-hybridized carbons (Fsp3) is 0.556. The third-order valence-electron chi connectivity index (χ3n) is 4.63. The van der Waals surface area contributed by atoms with Crippen LogP contribution in [0.3, 0.4) is 0 Å². The zero-order valence-electron chi connectivity index (χ0n) is 14.3. The average Bonchev–Trinajstić information content (AvgIpc) is 2.61. The lowest BCUT2D eigenvalue weighted by Gasteiger charge is -2.42. The van der Waals surface area contributed by atoms with Crippen molar-refractivity contribution in [3.05, 3.63) is 29.8 Å². The molecule has 1 fully saturated rings. The van der Waals surface area contributed by atoms with Gasteiger partial charge in [0.05, 0.1) is 13.2 Å². The fourth-order valence-electron chi connectivity index (χ4n) is 3.25. The summed E-state index contributed by atoms with van der Waals surface area (Å²) in [6.45, 7) is 5.05. The Kier molecular flexibility index (Phi) is 6.05. The highest BCUT2D eigenvalue weighted by Gasteiger charge is 2.36. The second kappa shape index (κ2) is 8.25. The molecule has 0 radical (unpaired) electrons. The molecule has 1 aromatic carbocycles. The van der Waals surface area contributed by atoms with Gasteiger partial charge < -0.3 is 24.8 Å². The highest BCUT2D eigenvalue weighted by atomic mass is 32.2. The van der Waals surface area contributed by atoms with Gasteiger partial charge in [0.25, 0.3) is 0 Å². The first kappa shape index (κ1) is 17.6. The van der Waals surface area contributed by atoms with E-state index >= 15 is 0 Å². The monoisotopic (exact) mass is 349 g/mol. The fourth-order valence-corrected chi connectivity index (χ4v) is 3.61. The normalized spacial score (nSPS) is 19.1. The lowest BCUT2D eigenvalue weighted by Crippen LogP contribution is -2.48. The van der Waals surface area contributed by atoms with Crippen LogP contribution < -0.4 is 15.2 Å². The number of nitrogens with two attached hydrogens (primary N) is 1. The van der Waals surface area contributed by atoms with Gasteiger partial charge in [-0.05, 0) is 24.3 Å². The summed E-state index contributed by atoms with van der Waals surface area (Å²) in [5.74, 6) is 0.990. The van der Waals surface area contributed by atoms with Crippen LogP contribution in [-0.2, 0) is 4.74 Å². The Bertz CT molecular complexity index is 571. The number of nitrogens with zero attached hydrogens (tertiary/aromatic N) is 1. The SMILES string of the molecule is CSNc1ccc2c(c1)C=CC1(CCN(CCOCCN)CC1)O2. The summed E-state index contributed by atoms with van der Waals surface area (Å²) >= 11 is 1.60. The molecule has 132 valence electrons. The molecule has 6 heteroatoms. The average molecular weight is 350 g/mol. The Morgan fingerprint density at radius 3 is 2.92 bits per heavy atom. The van der Waals surface area contributed by atoms with Crippen molar-refractivity contribution >= 4 is 23.7 Å². The maximum absolute atomic E-state index is 6.39. The lowest BCUT2D eigenvalue weighted by atomic mass is 9.88. The Morgan fingerprint density at radius 2 is 2.17 bits per heavy atom. The standard InChI is InChI=1S/C18H27N3O2S/c1-24-20-16-2-3-17-15(14-16)4-5-18(23-17)6-9-21(10-7-18)11-13-22-12-8-19/h2-5,14,20H,6-13,19H2,1H3. The number of likely N-dealkylation sites (tertiary alicyclic amines) is 1. The van der Waals surface area contributed by atoms with Gasteiger partial charge in [-0.2, -0.15) is 0 Å². The van der Waals surface area contributed by atoms with Crippen LogP contribution in [0.25, 0.3) is 6.08 Å². The molecule has 0 unspecified atom stereocenters. The van der Waals surface area contributed by atoms with E-state index in [9.17, 15) is 0 Å². The number of fused-ring (bicyclic) bond motifs is 1. The van der Waals surface area contributed by atoms with Crippen molar-refractivity contribution in [3.63, 3.8) is 0 Å². The van der Waals surface area contributed by atoms with Crippen molar-refractivity contribution in [1.29, 1.82) is 0 Å². The molecule has 0 aromatic heterocycles. The van der Waals surface area contributed by atoms with Crippen LogP contribution in [0, 0.1) is 0 Å². The highest BCUT2D eigenvalue weighted by Crippen LogP contribution is 2.38. The molecule has 3 N–H and O–H groups in total. The minimum absolute atomic E-state index is 0.143. The summed E-state index contributed by atoms with van der Waals surface area (Å²) in [4.78, 5) is 2.44. The van der Waals surface area contributed by atoms with Gasteiger partial charge in [-0.3, -0.25) is 0 Å². The van der Waals surface area contributed by atoms with Crippen LogP contribution in [-0.4, -0.2) is 56.1 Å². The predicted molar refractivity (Wildman–Crippen MR) is 102 cm³/mol. The van der Waals surface area contributed by atoms with E-state index in [1.807, 2.05) is 6.26 Å². The van der Waals surface area contributed by atoms with Gasteiger partial charge in [-0.1, -0.05) is 18.0 Å². The maximum Gasteiger partial charge on any atom is 0.130 e. The van der Waals surface area contributed by atoms with Gasteiger partial charge in [0.15, 0.2) is 0 Å². The van der Waals surface area contributed by atoms with Crippen LogP contribution in [0.5, 0.6) is 5.75 Å². The lowest BCUT2D eigenvalue weighted by molar-refractivity contribution is 0.0258. The van der Waals surface area contributed by atoms with Crippen molar-refractivity contribution in [2.45, 2.75) is 18.4 Å². The largest absolute Gasteiger partial charge is 0.482 e. The molecule has 0 bridgehead atoms. The smallest absolute Gasteiger partial charge is 0.130 e. The van der Waals surface area contributed by atoms with Crippen molar-refractivity contribution in [2.75, 3.05) is 50.4 Å². The van der Waals surface area contributed by atoms with E-state index in [1.54, 1.807) is 11.9 Å². The Balaban J connectivity index is 1.55. The Morgan fingerprint density at radius 1 is 1.33 bits per heavy atom. The number of nitrogens with one attached hydrogen (secondary N) is 1. The van der Waals surface area contributed by atoms with Gasteiger partial charge in [0, 0.05) is 56.5 Å². The molecule has 2 heterocycles. The Hall–Kier alpha value is -1.21. The summed E-state index contributed by atoms with van der Waals surface area (Å²) in [7, 11) is 0. The minimum Gasteiger partial charge on any atom is -0.482 e. The number of ether oxygens (including phenoxy) is 2. The van der Waals surface area contributed by atoms with E-state index in [2.05, 4.69) is 40.0 Å². The van der Waals surface area contributed by atoms with Crippen LogP contribution in [0.15, 0.2) is 24.3 Å². The van der Waals surface area contributed by atoms with Crippen LogP contribution in [0.2, 0.25) is 0 Å². The number of rotatable bonds is 7. The van der Waals surface area contributed by atoms with Crippen molar-refractivity contribution in [3.8, 4) is 5.75 Å². The topological polar surface area (TPSA) is 59.8 Å². The summed E-state index contributed by atoms with van der Waals surface area (Å²) < 4.78 is 15.1. The Labute approximate surface area is 148 Å². The highest BCUT2D eigenvalue weighted by molar-refractivity contribution is 7.99. The molecular formula is C18H27N3O2S. The molecular weight excluding hydrogens is 322 g/mol. The maximum atomic E-state index is 6.39. The van der Waals surface area contributed by atoms with Gasteiger partial charge in [0.1, 0.15) is 11.4 Å². The molecule has 1 spiro atoms. The molecule has 0 saturated carbocycles. The van der Waals surface area contributed by atoms with Gasteiger partial charge in [0.2, 0.25) is 0 Å². The number of benzene rings is 1. The van der Waals surface area contributed by atoms with E-state index < -0.39 is 0 Å². The summed E-state index contributed by atoms with van der Waals surface area (Å²) in [5.41, 5.74) is 7.55. The molecule has 1 saturated heterocycles. The molecule has 24 heavy (non-hydrogen) atoms. The molecule has 0 aliphatic carbocycles. The summed E-state index contributed by atoms with van der Waals surface area (Å²) in [6.07, 6.45) is 8.52. The molecule has 2 aliphatic rings. The second-order valence-corrected chi connectivity index (χ2v) is 6.91. The third-order valence-corrected chi connectivity index (χ3v) is 5.07. The third kappa shape index (κ3) is 4.25. The van der Waals surface area contributed by atoms with Gasteiger partial charge in [-0.15, -0.1) is 0 Å². The van der Waals surface area contributed by atoms with Gasteiger partial charge in [-0.25, -0.2) is 0 Å². The van der Waals surface area contributed by atoms with E-state index in [1.165, 1.54) is 0 Å². The molecule has 2 aliphatic heterocycles. The van der Waals surface area contributed by atoms with Crippen LogP contribution in [0.1, 0.15) is 18.4 Å². The zero-order valence-corrected chi connectivity index (χ0v) is 15.1.